The van der Waals surface area contributed by atoms with E-state index in [0.29, 0.717) is 23.0 Å². The van der Waals surface area contributed by atoms with Crippen LogP contribution < -0.4 is 10.2 Å². The second-order valence-electron chi connectivity index (χ2n) is 6.18. The maximum Gasteiger partial charge on any atom is 0.252 e. The number of hydrogen-bond donors (Lipinski definition) is 1. The topological polar surface area (TPSA) is 88.3 Å². The number of anilines is 1. The molecule has 1 aromatic heterocycles. The molecule has 1 aromatic carbocycles. The van der Waals surface area contributed by atoms with Gasteiger partial charge in [-0.2, -0.15) is 4.98 Å². The number of amides is 2. The zero-order valence-corrected chi connectivity index (χ0v) is 14.3. The van der Waals surface area contributed by atoms with Gasteiger partial charge in [-0.25, -0.2) is 0 Å². The van der Waals surface area contributed by atoms with Crippen LogP contribution in [0.1, 0.15) is 41.3 Å². The molecule has 1 saturated carbocycles. The standard InChI is InChI=1S/C18H20N4O3/c1-4-15(23)22(3)14-8-6-13(7-9-14)16(24)20-18(10-5-11-18)17-19-12(2)25-21-17/h4,6-9H,1,5,10-11H2,2-3H3,(H,20,24). The molecule has 0 atom stereocenters. The van der Waals surface area contributed by atoms with Crippen LogP contribution in [0.25, 0.3) is 0 Å². The van der Waals surface area contributed by atoms with E-state index < -0.39 is 5.54 Å². The van der Waals surface area contributed by atoms with E-state index >= 15 is 0 Å². The molecule has 0 unspecified atom stereocenters. The quantitative estimate of drug-likeness (QED) is 0.844. The Balaban J connectivity index is 1.75. The van der Waals surface area contributed by atoms with Crippen molar-refractivity contribution in [3.63, 3.8) is 0 Å². The maximum atomic E-state index is 12.6. The predicted molar refractivity (Wildman–Crippen MR) is 92.1 cm³/mol. The van der Waals surface area contributed by atoms with E-state index in [0.717, 1.165) is 19.3 Å². The third-order valence-electron chi connectivity index (χ3n) is 4.54. The number of nitrogens with one attached hydrogen (secondary N) is 1. The highest BCUT2D eigenvalue weighted by molar-refractivity contribution is 6.01. The van der Waals surface area contributed by atoms with Gasteiger partial charge in [-0.15, -0.1) is 0 Å². The van der Waals surface area contributed by atoms with Gasteiger partial charge >= 0.3 is 0 Å². The minimum atomic E-state index is -0.552. The van der Waals surface area contributed by atoms with Crippen LogP contribution in [0.15, 0.2) is 41.4 Å². The van der Waals surface area contributed by atoms with Crippen molar-refractivity contribution in [2.24, 2.45) is 0 Å². The summed E-state index contributed by atoms with van der Waals surface area (Å²) in [6.45, 7) is 5.19. The van der Waals surface area contributed by atoms with E-state index in [1.807, 2.05) is 0 Å². The van der Waals surface area contributed by atoms with Gasteiger partial charge < -0.3 is 14.7 Å². The van der Waals surface area contributed by atoms with Crippen molar-refractivity contribution in [2.75, 3.05) is 11.9 Å². The number of carbonyl (C=O) groups excluding carboxylic acids is 2. The summed E-state index contributed by atoms with van der Waals surface area (Å²) in [7, 11) is 1.65. The minimum Gasteiger partial charge on any atom is -0.340 e. The molecule has 7 heteroatoms. The number of hydrogen-bond acceptors (Lipinski definition) is 5. The highest BCUT2D eigenvalue weighted by atomic mass is 16.5. The van der Waals surface area contributed by atoms with Crippen LogP contribution >= 0.6 is 0 Å². The first-order valence-electron chi connectivity index (χ1n) is 8.09. The van der Waals surface area contributed by atoms with Crippen molar-refractivity contribution < 1.29 is 14.1 Å². The second-order valence-corrected chi connectivity index (χ2v) is 6.18. The van der Waals surface area contributed by atoms with Gasteiger partial charge in [0, 0.05) is 25.2 Å². The lowest BCUT2D eigenvalue weighted by Gasteiger charge is -2.39. The molecule has 1 heterocycles. The molecule has 0 aliphatic heterocycles. The average Bonchev–Trinajstić information content (AvgIpc) is 3.03. The van der Waals surface area contributed by atoms with Gasteiger partial charge in [0.05, 0.1) is 0 Å². The molecular formula is C18H20N4O3. The first-order chi connectivity index (χ1) is 11.9. The smallest absolute Gasteiger partial charge is 0.252 e. The normalized spacial score (nSPS) is 15.1. The van der Waals surface area contributed by atoms with Crippen molar-refractivity contribution in [1.82, 2.24) is 15.5 Å². The first kappa shape index (κ1) is 16.9. The maximum absolute atomic E-state index is 12.6. The number of benzene rings is 1. The summed E-state index contributed by atoms with van der Waals surface area (Å²) in [5.41, 5.74) is 0.645. The summed E-state index contributed by atoms with van der Waals surface area (Å²) in [4.78, 5) is 30.0. The van der Waals surface area contributed by atoms with Crippen molar-refractivity contribution in [3.8, 4) is 0 Å². The molecule has 2 amide bonds. The van der Waals surface area contributed by atoms with Crippen LogP contribution in [0.4, 0.5) is 5.69 Å². The summed E-state index contributed by atoms with van der Waals surface area (Å²) < 4.78 is 5.05. The van der Waals surface area contributed by atoms with E-state index in [1.165, 1.54) is 11.0 Å². The molecular weight excluding hydrogens is 320 g/mol. The minimum absolute atomic E-state index is 0.202. The van der Waals surface area contributed by atoms with Crippen LogP contribution in [-0.2, 0) is 10.3 Å². The fourth-order valence-electron chi connectivity index (χ4n) is 2.82. The Labute approximate surface area is 145 Å². The van der Waals surface area contributed by atoms with Crippen molar-refractivity contribution >= 4 is 17.5 Å². The number of aromatic nitrogens is 2. The van der Waals surface area contributed by atoms with E-state index in [-0.39, 0.29) is 11.8 Å². The predicted octanol–water partition coefficient (Wildman–Crippen LogP) is 2.34. The molecule has 0 bridgehead atoms. The number of aryl methyl sites for hydroxylation is 1. The highest BCUT2D eigenvalue weighted by Crippen LogP contribution is 2.40. The molecule has 1 fully saturated rings. The second kappa shape index (κ2) is 6.51. The number of likely N-dealkylation sites (N-methyl/N-ethyl adjacent to an activating group) is 1. The zero-order valence-electron chi connectivity index (χ0n) is 14.3. The fraction of sp³-hybridized carbons (Fsp3) is 0.333. The van der Waals surface area contributed by atoms with Gasteiger partial charge in [-0.05, 0) is 49.6 Å². The Bertz CT molecular complexity index is 806. The Morgan fingerprint density at radius 1 is 1.32 bits per heavy atom. The monoisotopic (exact) mass is 340 g/mol. The molecule has 7 nitrogen and oxygen atoms in total. The zero-order chi connectivity index (χ0) is 18.0. The van der Waals surface area contributed by atoms with E-state index in [9.17, 15) is 9.59 Å². The van der Waals surface area contributed by atoms with Gasteiger partial charge in [-0.3, -0.25) is 9.59 Å². The molecule has 130 valence electrons. The summed E-state index contributed by atoms with van der Waals surface area (Å²) in [6.07, 6.45) is 3.81. The molecule has 0 radical (unpaired) electrons. The number of nitrogens with zero attached hydrogens (tertiary/aromatic N) is 3. The SMILES string of the molecule is C=CC(=O)N(C)c1ccc(C(=O)NC2(c3noc(C)n3)CCC2)cc1. The lowest BCUT2D eigenvalue weighted by molar-refractivity contribution is -0.113. The molecule has 25 heavy (non-hydrogen) atoms. The van der Waals surface area contributed by atoms with Gasteiger partial charge in [0.1, 0.15) is 5.54 Å². The van der Waals surface area contributed by atoms with Crippen LogP contribution in [0.5, 0.6) is 0 Å². The lowest BCUT2D eigenvalue weighted by atomic mass is 9.76. The summed E-state index contributed by atoms with van der Waals surface area (Å²) >= 11 is 0. The summed E-state index contributed by atoms with van der Waals surface area (Å²) in [5, 5.41) is 7.01. The average molecular weight is 340 g/mol. The van der Waals surface area contributed by atoms with Gasteiger partial charge in [0.25, 0.3) is 5.91 Å². The van der Waals surface area contributed by atoms with Crippen LogP contribution in [0.3, 0.4) is 0 Å². The van der Waals surface area contributed by atoms with Crippen LogP contribution in [0, 0.1) is 6.92 Å². The van der Waals surface area contributed by atoms with Gasteiger partial charge in [0.15, 0.2) is 5.82 Å². The third kappa shape index (κ3) is 3.17. The van der Waals surface area contributed by atoms with Crippen molar-refractivity contribution in [2.45, 2.75) is 31.7 Å². The van der Waals surface area contributed by atoms with E-state index in [1.54, 1.807) is 38.2 Å². The molecule has 3 rings (SSSR count). The number of carbonyl (C=O) groups is 2. The Kier molecular flexibility index (Phi) is 4.39. The van der Waals surface area contributed by atoms with E-state index in [4.69, 9.17) is 4.52 Å². The summed E-state index contributed by atoms with van der Waals surface area (Å²) in [6, 6.07) is 6.82. The molecule has 2 aromatic rings. The Morgan fingerprint density at radius 3 is 2.48 bits per heavy atom. The van der Waals surface area contributed by atoms with E-state index in [2.05, 4.69) is 22.0 Å². The fourth-order valence-corrected chi connectivity index (χ4v) is 2.82. The number of rotatable bonds is 5. The first-order valence-corrected chi connectivity index (χ1v) is 8.09. The highest BCUT2D eigenvalue weighted by Gasteiger charge is 2.44. The molecule has 1 aliphatic carbocycles. The molecule has 0 spiro atoms. The Morgan fingerprint density at radius 2 is 2.00 bits per heavy atom. The van der Waals surface area contributed by atoms with Crippen molar-refractivity contribution in [1.29, 1.82) is 0 Å². The summed E-state index contributed by atoms with van der Waals surface area (Å²) in [5.74, 6) is 0.594. The molecule has 1 N–H and O–H groups in total. The van der Waals surface area contributed by atoms with Gasteiger partial charge in [-0.1, -0.05) is 11.7 Å². The largest absolute Gasteiger partial charge is 0.340 e. The molecule has 0 saturated heterocycles. The van der Waals surface area contributed by atoms with Crippen molar-refractivity contribution in [3.05, 3.63) is 54.2 Å². The molecule has 1 aliphatic rings. The van der Waals surface area contributed by atoms with Crippen LogP contribution in [0.2, 0.25) is 0 Å². The van der Waals surface area contributed by atoms with Crippen LogP contribution in [-0.4, -0.2) is 29.0 Å². The third-order valence-corrected chi connectivity index (χ3v) is 4.54. The van der Waals surface area contributed by atoms with Gasteiger partial charge in [0.2, 0.25) is 11.8 Å². The Hall–Kier alpha value is -2.96. The lowest BCUT2D eigenvalue weighted by Crippen LogP contribution is -2.51.